The molecule has 112 valence electrons. The SMILES string of the molecule is Cc1cc(C)c2c(CNC(=O)c3ccco3)cc(=O)oc2c1. The zero-order chi connectivity index (χ0) is 15.7. The second-order valence-corrected chi connectivity index (χ2v) is 5.21. The standard InChI is InChI=1S/C17H15NO4/c1-10-6-11(2)16-12(8-15(19)22-14(16)7-10)9-18-17(20)13-4-3-5-21-13/h3-8H,9H2,1-2H3,(H,18,20). The van der Waals surface area contributed by atoms with Gasteiger partial charge >= 0.3 is 5.63 Å². The summed E-state index contributed by atoms with van der Waals surface area (Å²) in [5.41, 5.74) is 2.85. The summed E-state index contributed by atoms with van der Waals surface area (Å²) in [4.78, 5) is 23.6. The molecule has 0 aliphatic rings. The van der Waals surface area contributed by atoms with Crippen molar-refractivity contribution in [1.82, 2.24) is 5.32 Å². The van der Waals surface area contributed by atoms with Crippen LogP contribution in [0.1, 0.15) is 27.2 Å². The summed E-state index contributed by atoms with van der Waals surface area (Å²) >= 11 is 0. The van der Waals surface area contributed by atoms with Gasteiger partial charge in [0.1, 0.15) is 5.58 Å². The van der Waals surface area contributed by atoms with Crippen LogP contribution >= 0.6 is 0 Å². The number of hydrogen-bond donors (Lipinski definition) is 1. The maximum atomic E-state index is 11.9. The Bertz CT molecular complexity index is 891. The van der Waals surface area contributed by atoms with Crippen molar-refractivity contribution < 1.29 is 13.6 Å². The first kappa shape index (κ1) is 14.1. The Labute approximate surface area is 126 Å². The number of amides is 1. The Morgan fingerprint density at radius 2 is 2.05 bits per heavy atom. The van der Waals surface area contributed by atoms with E-state index in [4.69, 9.17) is 8.83 Å². The summed E-state index contributed by atoms with van der Waals surface area (Å²) in [5.74, 6) is -0.0870. The van der Waals surface area contributed by atoms with Gasteiger partial charge in [0.25, 0.3) is 5.91 Å². The van der Waals surface area contributed by atoms with Crippen LogP contribution in [0.4, 0.5) is 0 Å². The summed E-state index contributed by atoms with van der Waals surface area (Å²) in [6.07, 6.45) is 1.44. The number of aryl methyl sites for hydroxylation is 2. The van der Waals surface area contributed by atoms with E-state index < -0.39 is 5.63 Å². The zero-order valence-corrected chi connectivity index (χ0v) is 12.3. The normalized spacial score (nSPS) is 10.8. The average molecular weight is 297 g/mol. The van der Waals surface area contributed by atoms with Gasteiger partial charge in [0, 0.05) is 18.0 Å². The third-order valence-corrected chi connectivity index (χ3v) is 3.45. The number of rotatable bonds is 3. The molecule has 0 radical (unpaired) electrons. The molecule has 0 unspecified atom stereocenters. The number of carbonyl (C=O) groups is 1. The maximum Gasteiger partial charge on any atom is 0.336 e. The largest absolute Gasteiger partial charge is 0.459 e. The molecule has 0 bridgehead atoms. The van der Waals surface area contributed by atoms with Crippen LogP contribution in [0.25, 0.3) is 11.0 Å². The average Bonchev–Trinajstić information content (AvgIpc) is 2.97. The zero-order valence-electron chi connectivity index (χ0n) is 12.3. The van der Waals surface area contributed by atoms with Crippen LogP contribution in [0, 0.1) is 13.8 Å². The van der Waals surface area contributed by atoms with E-state index in [2.05, 4.69) is 5.32 Å². The van der Waals surface area contributed by atoms with Crippen molar-refractivity contribution in [2.24, 2.45) is 0 Å². The second kappa shape index (κ2) is 5.52. The summed E-state index contributed by atoms with van der Waals surface area (Å²) < 4.78 is 10.3. The van der Waals surface area contributed by atoms with Gasteiger partial charge in [-0.3, -0.25) is 4.79 Å². The van der Waals surface area contributed by atoms with E-state index in [1.807, 2.05) is 26.0 Å². The minimum atomic E-state index is -0.431. The maximum absolute atomic E-state index is 11.9. The number of carbonyl (C=O) groups excluding carboxylic acids is 1. The van der Waals surface area contributed by atoms with Gasteiger partial charge < -0.3 is 14.2 Å². The molecule has 22 heavy (non-hydrogen) atoms. The molecule has 2 aromatic heterocycles. The molecule has 3 aromatic rings. The van der Waals surface area contributed by atoms with Crippen molar-refractivity contribution in [3.8, 4) is 0 Å². The number of nitrogens with one attached hydrogen (secondary N) is 1. The summed E-state index contributed by atoms with van der Waals surface area (Å²) in [6, 6.07) is 8.48. The fourth-order valence-corrected chi connectivity index (χ4v) is 2.58. The van der Waals surface area contributed by atoms with E-state index in [0.717, 1.165) is 22.1 Å². The van der Waals surface area contributed by atoms with Gasteiger partial charge in [-0.2, -0.15) is 0 Å². The van der Waals surface area contributed by atoms with Crippen LogP contribution in [-0.2, 0) is 6.54 Å². The molecule has 0 fully saturated rings. The highest BCUT2D eigenvalue weighted by molar-refractivity contribution is 5.92. The molecule has 1 N–H and O–H groups in total. The lowest BCUT2D eigenvalue weighted by Crippen LogP contribution is -2.23. The lowest BCUT2D eigenvalue weighted by Gasteiger charge is -2.09. The van der Waals surface area contributed by atoms with Crippen LogP contribution < -0.4 is 10.9 Å². The smallest absolute Gasteiger partial charge is 0.336 e. The molecule has 0 saturated heterocycles. The Kier molecular flexibility index (Phi) is 3.55. The van der Waals surface area contributed by atoms with Crippen molar-refractivity contribution in [2.75, 3.05) is 0 Å². The van der Waals surface area contributed by atoms with E-state index in [0.29, 0.717) is 5.58 Å². The lowest BCUT2D eigenvalue weighted by molar-refractivity contribution is 0.0923. The van der Waals surface area contributed by atoms with E-state index in [1.54, 1.807) is 12.1 Å². The van der Waals surface area contributed by atoms with Crippen molar-refractivity contribution in [3.63, 3.8) is 0 Å². The molecule has 3 rings (SSSR count). The van der Waals surface area contributed by atoms with Crippen molar-refractivity contribution in [2.45, 2.75) is 20.4 Å². The molecule has 2 heterocycles. The Morgan fingerprint density at radius 1 is 1.23 bits per heavy atom. The van der Waals surface area contributed by atoms with Crippen LogP contribution in [0.5, 0.6) is 0 Å². The fraction of sp³-hybridized carbons (Fsp3) is 0.176. The monoisotopic (exact) mass is 297 g/mol. The van der Waals surface area contributed by atoms with Gasteiger partial charge in [-0.15, -0.1) is 0 Å². The van der Waals surface area contributed by atoms with Gasteiger partial charge in [0.15, 0.2) is 5.76 Å². The molecule has 5 heteroatoms. The number of furan rings is 1. The molecule has 0 aliphatic carbocycles. The first-order valence-corrected chi connectivity index (χ1v) is 6.90. The van der Waals surface area contributed by atoms with Gasteiger partial charge in [-0.25, -0.2) is 4.79 Å². The number of benzene rings is 1. The number of fused-ring (bicyclic) bond motifs is 1. The van der Waals surface area contributed by atoms with Crippen molar-refractivity contribution in [3.05, 3.63) is 69.5 Å². The highest BCUT2D eigenvalue weighted by Crippen LogP contribution is 2.23. The molecule has 5 nitrogen and oxygen atoms in total. The van der Waals surface area contributed by atoms with Crippen LogP contribution in [0.2, 0.25) is 0 Å². The molecular formula is C17H15NO4. The van der Waals surface area contributed by atoms with E-state index in [-0.39, 0.29) is 18.2 Å². The van der Waals surface area contributed by atoms with Crippen LogP contribution in [0.3, 0.4) is 0 Å². The molecule has 0 saturated carbocycles. The molecule has 0 spiro atoms. The summed E-state index contributed by atoms with van der Waals surface area (Å²) in [6.45, 7) is 4.12. The first-order chi connectivity index (χ1) is 10.5. The predicted molar refractivity (Wildman–Crippen MR) is 81.8 cm³/mol. The van der Waals surface area contributed by atoms with Gasteiger partial charge in [0.2, 0.25) is 0 Å². The highest BCUT2D eigenvalue weighted by Gasteiger charge is 2.12. The van der Waals surface area contributed by atoms with E-state index in [9.17, 15) is 9.59 Å². The van der Waals surface area contributed by atoms with Crippen LogP contribution in [-0.4, -0.2) is 5.91 Å². The van der Waals surface area contributed by atoms with Gasteiger partial charge in [-0.05, 0) is 48.7 Å². The summed E-state index contributed by atoms with van der Waals surface area (Å²) in [5, 5.41) is 3.60. The molecular weight excluding hydrogens is 282 g/mol. The molecule has 1 amide bonds. The Morgan fingerprint density at radius 3 is 2.77 bits per heavy atom. The minimum Gasteiger partial charge on any atom is -0.459 e. The third-order valence-electron chi connectivity index (χ3n) is 3.45. The first-order valence-electron chi connectivity index (χ1n) is 6.90. The molecule has 0 aliphatic heterocycles. The number of hydrogen-bond acceptors (Lipinski definition) is 4. The van der Waals surface area contributed by atoms with Crippen LogP contribution in [0.15, 0.2) is 50.2 Å². The fourth-order valence-electron chi connectivity index (χ4n) is 2.58. The van der Waals surface area contributed by atoms with Gasteiger partial charge in [-0.1, -0.05) is 6.07 Å². The topological polar surface area (TPSA) is 72.5 Å². The molecule has 0 atom stereocenters. The van der Waals surface area contributed by atoms with Crippen molar-refractivity contribution in [1.29, 1.82) is 0 Å². The Hall–Kier alpha value is -2.82. The Balaban J connectivity index is 1.96. The van der Waals surface area contributed by atoms with Gasteiger partial charge in [0.05, 0.1) is 6.26 Å². The van der Waals surface area contributed by atoms with Crippen molar-refractivity contribution >= 4 is 16.9 Å². The predicted octanol–water partition coefficient (Wildman–Crippen LogP) is 2.93. The summed E-state index contributed by atoms with van der Waals surface area (Å²) in [7, 11) is 0. The second-order valence-electron chi connectivity index (χ2n) is 5.21. The highest BCUT2D eigenvalue weighted by atomic mass is 16.4. The quantitative estimate of drug-likeness (QED) is 0.754. The van der Waals surface area contributed by atoms with E-state index >= 15 is 0 Å². The minimum absolute atomic E-state index is 0.228. The molecule has 1 aromatic carbocycles. The third kappa shape index (κ3) is 2.65. The van der Waals surface area contributed by atoms with E-state index in [1.165, 1.54) is 12.3 Å². The lowest BCUT2D eigenvalue weighted by atomic mass is 10.0.